The van der Waals surface area contributed by atoms with Gasteiger partial charge in [0, 0.05) is 11.6 Å². The Balaban J connectivity index is 2.17. The molecule has 21 heavy (non-hydrogen) atoms. The molecule has 1 aromatic carbocycles. The minimum atomic E-state index is -0.887. The van der Waals surface area contributed by atoms with E-state index >= 15 is 0 Å². The van der Waals surface area contributed by atoms with Crippen LogP contribution in [0.4, 0.5) is 16.0 Å². The molecular formula is C11H10FN5O4. The summed E-state index contributed by atoms with van der Waals surface area (Å²) in [5.41, 5.74) is -0.733. The average Bonchev–Trinajstić information content (AvgIpc) is 2.85. The van der Waals surface area contributed by atoms with Crippen molar-refractivity contribution in [2.45, 2.75) is 6.92 Å². The van der Waals surface area contributed by atoms with Crippen LogP contribution in [0, 0.1) is 15.9 Å². The number of amides is 1. The first-order chi connectivity index (χ1) is 9.99. The number of anilines is 1. The molecule has 0 fully saturated rings. The lowest BCUT2D eigenvalue weighted by Crippen LogP contribution is -2.13. The third-order valence-corrected chi connectivity index (χ3v) is 2.33. The maximum absolute atomic E-state index is 13.3. The predicted octanol–water partition coefficient (Wildman–Crippen LogP) is 1.50. The lowest BCUT2D eigenvalue weighted by atomic mass is 10.2. The Kier molecular flexibility index (Phi) is 4.07. The van der Waals surface area contributed by atoms with Crippen LogP contribution in [0.3, 0.4) is 0 Å². The quantitative estimate of drug-likeness (QED) is 0.636. The van der Waals surface area contributed by atoms with Gasteiger partial charge in [0.2, 0.25) is 5.95 Å². The number of ether oxygens (including phenoxy) is 1. The first kappa shape index (κ1) is 14.4. The summed E-state index contributed by atoms with van der Waals surface area (Å²) in [6, 6.07) is 2.59. The zero-order valence-electron chi connectivity index (χ0n) is 10.8. The van der Waals surface area contributed by atoms with Crippen molar-refractivity contribution in [3.8, 4) is 6.01 Å². The standard InChI is InChI=1S/C11H10FN5O4/c1-2-21-11-14-10(15-16-11)13-9(18)6-3-7(12)5-8(4-6)17(19)20/h3-5H,2H2,1H3,(H2,13,14,15,16,18). The monoisotopic (exact) mass is 295 g/mol. The second kappa shape index (κ2) is 5.94. The number of rotatable bonds is 5. The molecule has 0 unspecified atom stereocenters. The number of aromatic nitrogens is 3. The van der Waals surface area contributed by atoms with Crippen molar-refractivity contribution in [1.29, 1.82) is 0 Å². The molecule has 0 atom stereocenters. The first-order valence-corrected chi connectivity index (χ1v) is 5.81. The highest BCUT2D eigenvalue weighted by atomic mass is 19.1. The van der Waals surface area contributed by atoms with E-state index in [4.69, 9.17) is 4.74 Å². The number of nitro groups is 1. The summed E-state index contributed by atoms with van der Waals surface area (Å²) in [7, 11) is 0. The number of hydrogen-bond donors (Lipinski definition) is 2. The number of benzene rings is 1. The molecule has 110 valence electrons. The fourth-order valence-electron chi connectivity index (χ4n) is 1.49. The van der Waals surface area contributed by atoms with Crippen molar-refractivity contribution in [2.24, 2.45) is 0 Å². The van der Waals surface area contributed by atoms with Crippen LogP contribution < -0.4 is 10.1 Å². The SMILES string of the molecule is CCOc1n[nH]c(NC(=O)c2cc(F)cc([N+](=O)[O-])c2)n1. The molecule has 1 heterocycles. The average molecular weight is 295 g/mol. The lowest BCUT2D eigenvalue weighted by molar-refractivity contribution is -0.385. The number of carbonyl (C=O) groups excluding carboxylic acids is 1. The van der Waals surface area contributed by atoms with Gasteiger partial charge in [0.1, 0.15) is 5.82 Å². The number of aromatic amines is 1. The summed E-state index contributed by atoms with van der Waals surface area (Å²) in [6.45, 7) is 2.09. The van der Waals surface area contributed by atoms with Crippen LogP contribution in [0.25, 0.3) is 0 Å². The summed E-state index contributed by atoms with van der Waals surface area (Å²) >= 11 is 0. The third kappa shape index (κ3) is 3.49. The van der Waals surface area contributed by atoms with Crippen LogP contribution in [0.2, 0.25) is 0 Å². The van der Waals surface area contributed by atoms with Gasteiger partial charge in [-0.05, 0) is 13.0 Å². The summed E-state index contributed by atoms with van der Waals surface area (Å²) in [5.74, 6) is -1.67. The van der Waals surface area contributed by atoms with Crippen molar-refractivity contribution < 1.29 is 18.8 Å². The van der Waals surface area contributed by atoms with Crippen LogP contribution >= 0.6 is 0 Å². The maximum Gasteiger partial charge on any atom is 0.337 e. The van der Waals surface area contributed by atoms with Gasteiger partial charge in [-0.3, -0.25) is 20.2 Å². The van der Waals surface area contributed by atoms with E-state index in [2.05, 4.69) is 20.5 Å². The second-order valence-electron chi connectivity index (χ2n) is 3.81. The van der Waals surface area contributed by atoms with E-state index in [1.807, 2.05) is 0 Å². The highest BCUT2D eigenvalue weighted by Gasteiger charge is 2.16. The van der Waals surface area contributed by atoms with Gasteiger partial charge in [-0.1, -0.05) is 0 Å². The predicted molar refractivity (Wildman–Crippen MR) is 68.6 cm³/mol. The number of nitrogens with one attached hydrogen (secondary N) is 2. The van der Waals surface area contributed by atoms with Crippen LogP contribution in [0.1, 0.15) is 17.3 Å². The molecule has 0 bridgehead atoms. The largest absolute Gasteiger partial charge is 0.463 e. The number of H-pyrrole nitrogens is 1. The molecule has 0 saturated heterocycles. The van der Waals surface area contributed by atoms with E-state index < -0.39 is 22.3 Å². The van der Waals surface area contributed by atoms with Crippen molar-refractivity contribution in [1.82, 2.24) is 15.2 Å². The number of hydrogen-bond acceptors (Lipinski definition) is 6. The summed E-state index contributed by atoms with van der Waals surface area (Å²) in [5, 5.41) is 19.0. The van der Waals surface area contributed by atoms with Gasteiger partial charge < -0.3 is 4.74 Å². The zero-order valence-corrected chi connectivity index (χ0v) is 10.8. The molecule has 1 amide bonds. The maximum atomic E-state index is 13.3. The highest BCUT2D eigenvalue weighted by molar-refractivity contribution is 6.03. The molecule has 0 spiro atoms. The lowest BCUT2D eigenvalue weighted by Gasteiger charge is -2.02. The number of halogens is 1. The molecule has 0 saturated carbocycles. The number of carbonyl (C=O) groups is 1. The van der Waals surface area contributed by atoms with Crippen molar-refractivity contribution in [3.05, 3.63) is 39.7 Å². The molecule has 0 aliphatic rings. The second-order valence-corrected chi connectivity index (χ2v) is 3.81. The van der Waals surface area contributed by atoms with Gasteiger partial charge in [-0.15, -0.1) is 5.10 Å². The Hall–Kier alpha value is -3.04. The summed E-state index contributed by atoms with van der Waals surface area (Å²) in [4.78, 5) is 25.5. The van der Waals surface area contributed by atoms with Crippen molar-refractivity contribution >= 4 is 17.5 Å². The Morgan fingerprint density at radius 3 is 2.95 bits per heavy atom. The zero-order chi connectivity index (χ0) is 15.4. The van der Waals surface area contributed by atoms with E-state index in [1.54, 1.807) is 6.92 Å². The smallest absolute Gasteiger partial charge is 0.337 e. The van der Waals surface area contributed by atoms with E-state index in [9.17, 15) is 19.3 Å². The Labute approximate surface area is 117 Å². The molecule has 2 rings (SSSR count). The number of nitro benzene ring substituents is 1. The van der Waals surface area contributed by atoms with E-state index in [0.29, 0.717) is 6.61 Å². The normalized spacial score (nSPS) is 10.2. The Morgan fingerprint density at radius 2 is 2.29 bits per heavy atom. The van der Waals surface area contributed by atoms with E-state index in [-0.39, 0.29) is 17.5 Å². The first-order valence-electron chi connectivity index (χ1n) is 5.81. The van der Waals surface area contributed by atoms with Crippen LogP contribution in [-0.4, -0.2) is 32.6 Å². The van der Waals surface area contributed by atoms with Gasteiger partial charge in [-0.2, -0.15) is 4.98 Å². The van der Waals surface area contributed by atoms with Crippen LogP contribution in [0.15, 0.2) is 18.2 Å². The number of nitrogens with zero attached hydrogens (tertiary/aromatic N) is 3. The highest BCUT2D eigenvalue weighted by Crippen LogP contribution is 2.17. The topological polar surface area (TPSA) is 123 Å². The Morgan fingerprint density at radius 1 is 1.52 bits per heavy atom. The van der Waals surface area contributed by atoms with Gasteiger partial charge in [-0.25, -0.2) is 9.49 Å². The minimum Gasteiger partial charge on any atom is -0.463 e. The summed E-state index contributed by atoms with van der Waals surface area (Å²) < 4.78 is 18.2. The minimum absolute atomic E-state index is 0.0182. The molecule has 2 aromatic rings. The van der Waals surface area contributed by atoms with Gasteiger partial charge in [0.05, 0.1) is 17.6 Å². The number of non-ortho nitro benzene ring substituents is 1. The molecule has 10 heteroatoms. The van der Waals surface area contributed by atoms with Crippen LogP contribution in [-0.2, 0) is 0 Å². The van der Waals surface area contributed by atoms with Crippen molar-refractivity contribution in [3.63, 3.8) is 0 Å². The van der Waals surface area contributed by atoms with Gasteiger partial charge in [0.25, 0.3) is 11.6 Å². The molecule has 9 nitrogen and oxygen atoms in total. The summed E-state index contributed by atoms with van der Waals surface area (Å²) in [6.07, 6.45) is 0. The van der Waals surface area contributed by atoms with Crippen molar-refractivity contribution in [2.75, 3.05) is 11.9 Å². The fourth-order valence-corrected chi connectivity index (χ4v) is 1.49. The fraction of sp³-hybridized carbons (Fsp3) is 0.182. The molecule has 2 N–H and O–H groups in total. The van der Waals surface area contributed by atoms with Gasteiger partial charge >= 0.3 is 6.01 Å². The molecule has 0 radical (unpaired) electrons. The molecule has 1 aromatic heterocycles. The third-order valence-electron chi connectivity index (χ3n) is 2.33. The van der Waals surface area contributed by atoms with Gasteiger partial charge in [0.15, 0.2) is 0 Å². The Bertz CT molecular complexity index is 687. The van der Waals surface area contributed by atoms with E-state index in [1.165, 1.54) is 0 Å². The van der Waals surface area contributed by atoms with Crippen LogP contribution in [0.5, 0.6) is 6.01 Å². The molecule has 0 aliphatic carbocycles. The molecule has 0 aliphatic heterocycles. The molecular weight excluding hydrogens is 285 g/mol. The van der Waals surface area contributed by atoms with E-state index in [0.717, 1.165) is 18.2 Å².